The fourth-order valence-corrected chi connectivity index (χ4v) is 4.34. The lowest BCUT2D eigenvalue weighted by molar-refractivity contribution is -0.119. The number of nitrogens with zero attached hydrogens (tertiary/aromatic N) is 3. The Bertz CT molecular complexity index is 921. The third-order valence-corrected chi connectivity index (χ3v) is 5.96. The minimum atomic E-state index is -0.0633. The molecule has 31 heavy (non-hydrogen) atoms. The van der Waals surface area contributed by atoms with Crippen LogP contribution in [0.5, 0.6) is 11.5 Å². The van der Waals surface area contributed by atoms with E-state index in [0.717, 1.165) is 55.0 Å². The van der Waals surface area contributed by atoms with Gasteiger partial charge in [0.25, 0.3) is 0 Å². The van der Waals surface area contributed by atoms with E-state index in [2.05, 4.69) is 10.2 Å². The maximum Gasteiger partial charge on any atom is 0.226 e. The number of carbonyl (C=O) groups is 1. The Hall–Kier alpha value is -2.45. The number of Topliss-reactive ketones (excluding diaryl/α,β-unsaturated/α-hetero) is 1. The van der Waals surface area contributed by atoms with E-state index in [9.17, 15) is 4.79 Å². The van der Waals surface area contributed by atoms with Gasteiger partial charge < -0.3 is 24.4 Å². The lowest BCUT2D eigenvalue weighted by atomic mass is 9.89. The van der Waals surface area contributed by atoms with Crippen LogP contribution < -0.4 is 19.7 Å². The number of carbonyl (C=O) groups excluding carboxylic acids is 1. The number of hydrogen-bond acceptors (Lipinski definition) is 8. The molecule has 8 nitrogen and oxygen atoms in total. The summed E-state index contributed by atoms with van der Waals surface area (Å²) in [5, 5.41) is 4.39. The Morgan fingerprint density at radius 1 is 1.13 bits per heavy atom. The molecule has 0 saturated carbocycles. The van der Waals surface area contributed by atoms with Crippen LogP contribution in [0.3, 0.4) is 0 Å². The third-order valence-electron chi connectivity index (χ3n) is 5.96. The molecule has 2 aliphatic heterocycles. The minimum Gasteiger partial charge on any atom is -0.490 e. The summed E-state index contributed by atoms with van der Waals surface area (Å²) in [6.45, 7) is 10.3. The Balaban J connectivity index is 1.78. The molecule has 0 spiro atoms. The molecule has 1 aromatic heterocycles. The molecule has 2 atom stereocenters. The Kier molecular flexibility index (Phi) is 6.87. The van der Waals surface area contributed by atoms with E-state index in [1.54, 1.807) is 6.92 Å². The number of benzene rings is 1. The van der Waals surface area contributed by atoms with Crippen molar-refractivity contribution in [1.29, 1.82) is 0 Å². The molecule has 2 fully saturated rings. The van der Waals surface area contributed by atoms with Crippen molar-refractivity contribution < 1.29 is 19.0 Å². The van der Waals surface area contributed by atoms with Crippen molar-refractivity contribution in [2.75, 3.05) is 51.0 Å². The zero-order valence-electron chi connectivity index (χ0n) is 18.6. The van der Waals surface area contributed by atoms with Gasteiger partial charge in [-0.15, -0.1) is 0 Å². The normalized spacial score (nSPS) is 21.8. The quantitative estimate of drug-likeness (QED) is 0.721. The average Bonchev–Trinajstić information content (AvgIpc) is 2.80. The largest absolute Gasteiger partial charge is 0.490 e. The summed E-state index contributed by atoms with van der Waals surface area (Å²) < 4.78 is 17.2. The molecule has 4 rings (SSSR count). The summed E-state index contributed by atoms with van der Waals surface area (Å²) in [5.74, 6) is 2.54. The molecule has 1 aromatic carbocycles. The highest BCUT2D eigenvalue weighted by atomic mass is 16.5. The van der Waals surface area contributed by atoms with Crippen LogP contribution in [0.2, 0.25) is 0 Å². The molecule has 0 aliphatic carbocycles. The number of nitrogens with one attached hydrogen (secondary N) is 1. The van der Waals surface area contributed by atoms with Crippen LogP contribution in [-0.2, 0) is 9.53 Å². The number of fused-ring (bicyclic) bond motifs is 1. The maximum atomic E-state index is 11.8. The molecule has 2 aromatic rings. The van der Waals surface area contributed by atoms with Gasteiger partial charge in [-0.1, -0.05) is 0 Å². The van der Waals surface area contributed by atoms with Crippen molar-refractivity contribution >= 4 is 22.6 Å². The first kappa shape index (κ1) is 21.8. The monoisotopic (exact) mass is 428 g/mol. The van der Waals surface area contributed by atoms with Crippen LogP contribution in [0, 0.1) is 0 Å². The number of hydrogen-bond donors (Lipinski definition) is 1. The zero-order chi connectivity index (χ0) is 21.8. The second-order valence-corrected chi connectivity index (χ2v) is 8.04. The number of anilines is 1. The topological polar surface area (TPSA) is 85.8 Å². The second-order valence-electron chi connectivity index (χ2n) is 8.04. The predicted molar refractivity (Wildman–Crippen MR) is 119 cm³/mol. The lowest BCUT2D eigenvalue weighted by Crippen LogP contribution is -2.42. The van der Waals surface area contributed by atoms with Crippen molar-refractivity contribution in [2.24, 2.45) is 0 Å². The molecule has 1 N–H and O–H groups in total. The van der Waals surface area contributed by atoms with Gasteiger partial charge >= 0.3 is 0 Å². The van der Waals surface area contributed by atoms with E-state index in [1.807, 2.05) is 26.0 Å². The van der Waals surface area contributed by atoms with E-state index < -0.39 is 0 Å². The van der Waals surface area contributed by atoms with E-state index in [1.165, 1.54) is 0 Å². The third kappa shape index (κ3) is 4.75. The molecule has 168 valence electrons. The summed E-state index contributed by atoms with van der Waals surface area (Å²) in [6.07, 6.45) is 1.72. The standard InChI is InChI=1S/C23H32N4O4/c1-4-30-20-12-17-19(13-21(20)31-5-2)25-23(27-8-10-29-11-9-27)26-22(17)16-6-7-18(15(3)28)24-14-16/h12-13,16,18,24H,4-11,14H2,1-3H3. The molecular weight excluding hydrogens is 396 g/mol. The Labute approximate surface area is 183 Å². The van der Waals surface area contributed by atoms with Gasteiger partial charge in [0.2, 0.25) is 5.95 Å². The molecular formula is C23H32N4O4. The fourth-order valence-electron chi connectivity index (χ4n) is 4.34. The van der Waals surface area contributed by atoms with Crippen molar-refractivity contribution in [3.8, 4) is 11.5 Å². The highest BCUT2D eigenvalue weighted by Gasteiger charge is 2.28. The number of piperidine rings is 1. The number of rotatable bonds is 7. The van der Waals surface area contributed by atoms with Gasteiger partial charge in [-0.05, 0) is 39.7 Å². The van der Waals surface area contributed by atoms with Crippen LogP contribution in [0.1, 0.15) is 45.2 Å². The maximum absolute atomic E-state index is 11.8. The summed E-state index contributed by atoms with van der Waals surface area (Å²) in [6, 6.07) is 3.92. The second kappa shape index (κ2) is 9.78. The average molecular weight is 429 g/mol. The van der Waals surface area contributed by atoms with Crippen molar-refractivity contribution in [2.45, 2.75) is 45.6 Å². The zero-order valence-corrected chi connectivity index (χ0v) is 18.6. The van der Waals surface area contributed by atoms with E-state index >= 15 is 0 Å². The van der Waals surface area contributed by atoms with Crippen LogP contribution in [0.15, 0.2) is 12.1 Å². The van der Waals surface area contributed by atoms with E-state index in [0.29, 0.717) is 37.9 Å². The number of ketones is 1. The van der Waals surface area contributed by atoms with E-state index in [-0.39, 0.29) is 17.7 Å². The van der Waals surface area contributed by atoms with E-state index in [4.69, 9.17) is 24.2 Å². The number of morpholine rings is 1. The molecule has 2 aliphatic rings. The summed E-state index contributed by atoms with van der Waals surface area (Å²) in [7, 11) is 0. The molecule has 2 saturated heterocycles. The molecule has 0 radical (unpaired) electrons. The molecule has 0 amide bonds. The van der Waals surface area contributed by atoms with Crippen LogP contribution in [0.25, 0.3) is 10.9 Å². The summed E-state index contributed by atoms with van der Waals surface area (Å²) in [5.41, 5.74) is 1.86. The summed E-state index contributed by atoms with van der Waals surface area (Å²) >= 11 is 0. The van der Waals surface area contributed by atoms with Gasteiger partial charge in [0.15, 0.2) is 11.5 Å². The van der Waals surface area contributed by atoms with Gasteiger partial charge in [0.1, 0.15) is 5.78 Å². The van der Waals surface area contributed by atoms with Gasteiger partial charge in [0.05, 0.1) is 43.7 Å². The molecule has 3 heterocycles. The SMILES string of the molecule is CCOc1cc2nc(N3CCOCC3)nc(C3CCC(C(C)=O)NC3)c2cc1OCC. The van der Waals surface area contributed by atoms with Crippen LogP contribution in [-0.4, -0.2) is 67.9 Å². The smallest absolute Gasteiger partial charge is 0.226 e. The molecule has 8 heteroatoms. The lowest BCUT2D eigenvalue weighted by Gasteiger charge is -2.31. The molecule has 2 unspecified atom stereocenters. The first-order valence-corrected chi connectivity index (χ1v) is 11.3. The van der Waals surface area contributed by atoms with Crippen molar-refractivity contribution in [3.63, 3.8) is 0 Å². The number of aromatic nitrogens is 2. The first-order chi connectivity index (χ1) is 15.1. The minimum absolute atomic E-state index is 0.0633. The van der Waals surface area contributed by atoms with Gasteiger partial charge in [-0.2, -0.15) is 0 Å². The molecule has 0 bridgehead atoms. The first-order valence-electron chi connectivity index (χ1n) is 11.3. The van der Waals surface area contributed by atoms with Crippen molar-refractivity contribution in [3.05, 3.63) is 17.8 Å². The Morgan fingerprint density at radius 3 is 2.45 bits per heavy atom. The fraction of sp³-hybridized carbons (Fsp3) is 0.609. The highest BCUT2D eigenvalue weighted by Crippen LogP contribution is 2.37. The van der Waals surface area contributed by atoms with Gasteiger partial charge in [0, 0.05) is 37.0 Å². The van der Waals surface area contributed by atoms with Gasteiger partial charge in [-0.3, -0.25) is 4.79 Å². The Morgan fingerprint density at radius 2 is 1.84 bits per heavy atom. The van der Waals surface area contributed by atoms with Crippen LogP contribution in [0.4, 0.5) is 5.95 Å². The van der Waals surface area contributed by atoms with Crippen molar-refractivity contribution in [1.82, 2.24) is 15.3 Å². The predicted octanol–water partition coefficient (Wildman–Crippen LogP) is 2.69. The van der Waals surface area contributed by atoms with Gasteiger partial charge in [-0.25, -0.2) is 9.97 Å². The highest BCUT2D eigenvalue weighted by molar-refractivity contribution is 5.86. The summed E-state index contributed by atoms with van der Waals surface area (Å²) in [4.78, 5) is 23.9. The number of ether oxygens (including phenoxy) is 3. The van der Waals surface area contributed by atoms with Crippen LogP contribution >= 0.6 is 0 Å².